The van der Waals surface area contributed by atoms with Gasteiger partial charge in [-0.25, -0.2) is 0 Å². The van der Waals surface area contributed by atoms with E-state index in [-0.39, 0.29) is 0 Å². The van der Waals surface area contributed by atoms with Gasteiger partial charge < -0.3 is 5.32 Å². The Hall–Kier alpha value is -1.76. The molecule has 0 aromatic heterocycles. The zero-order valence-electron chi connectivity index (χ0n) is 11.1. The summed E-state index contributed by atoms with van der Waals surface area (Å²) in [5, 5.41) is 4.83. The van der Waals surface area contributed by atoms with E-state index < -0.39 is 0 Å². The molecule has 0 spiro atoms. The van der Waals surface area contributed by atoms with Crippen molar-refractivity contribution in [3.63, 3.8) is 0 Å². The van der Waals surface area contributed by atoms with Gasteiger partial charge in [0.1, 0.15) is 0 Å². The number of hydrogen-bond acceptors (Lipinski definition) is 0. The molecule has 1 heteroatoms. The molecule has 0 saturated heterocycles. The molecule has 94 valence electrons. The highest BCUT2D eigenvalue weighted by atomic mass is 14.9. The van der Waals surface area contributed by atoms with E-state index >= 15 is 0 Å². The minimum Gasteiger partial charge on any atom is -0.678 e. The molecule has 0 radical (unpaired) electrons. The van der Waals surface area contributed by atoms with Crippen LogP contribution in [0.3, 0.4) is 0 Å². The maximum Gasteiger partial charge on any atom is -0.0262 e. The second-order valence-corrected chi connectivity index (χ2v) is 4.77. The van der Waals surface area contributed by atoms with Crippen LogP contribution in [0.5, 0.6) is 0 Å². The van der Waals surface area contributed by atoms with Crippen LogP contribution >= 0.6 is 0 Å². The molecule has 0 amide bonds. The van der Waals surface area contributed by atoms with Gasteiger partial charge in [-0.05, 0) is 11.1 Å². The van der Waals surface area contributed by atoms with Gasteiger partial charge in [0.25, 0.3) is 0 Å². The van der Waals surface area contributed by atoms with Crippen LogP contribution in [-0.4, -0.2) is 6.04 Å². The zero-order chi connectivity index (χ0) is 13.0. The Labute approximate surface area is 110 Å². The Kier molecular flexibility index (Phi) is 4.03. The summed E-state index contributed by atoms with van der Waals surface area (Å²) in [7, 11) is 0. The second kappa shape index (κ2) is 5.72. The van der Waals surface area contributed by atoms with E-state index in [9.17, 15) is 0 Å². The first-order chi connectivity index (χ1) is 8.74. The number of allylic oxidation sites excluding steroid dienone is 2. The Morgan fingerprint density at radius 2 is 2.06 bits per heavy atom. The van der Waals surface area contributed by atoms with Crippen LogP contribution < -0.4 is 0 Å². The average Bonchev–Trinajstić information content (AvgIpc) is 2.46. The highest BCUT2D eigenvalue weighted by molar-refractivity contribution is 5.77. The van der Waals surface area contributed by atoms with Gasteiger partial charge in [0.2, 0.25) is 0 Å². The third kappa shape index (κ3) is 2.73. The monoisotopic (exact) mass is 238 g/mol. The molecule has 2 atom stereocenters. The minimum absolute atomic E-state index is 0.314. The van der Waals surface area contributed by atoms with E-state index in [0.717, 1.165) is 17.7 Å². The summed E-state index contributed by atoms with van der Waals surface area (Å²) >= 11 is 0. The van der Waals surface area contributed by atoms with Gasteiger partial charge >= 0.3 is 0 Å². The molecule has 0 N–H and O–H groups in total. The topological polar surface area (TPSA) is 14.1 Å². The molecule has 1 aromatic rings. The first-order valence-electron chi connectivity index (χ1n) is 6.56. The first kappa shape index (κ1) is 12.7. The molecular weight excluding hydrogens is 218 g/mol. The van der Waals surface area contributed by atoms with Gasteiger partial charge in [-0.1, -0.05) is 87.4 Å². The van der Waals surface area contributed by atoms with Crippen LogP contribution in [0, 0.1) is 5.92 Å². The van der Waals surface area contributed by atoms with Crippen molar-refractivity contribution in [2.24, 2.45) is 5.92 Å². The van der Waals surface area contributed by atoms with Gasteiger partial charge in [0.05, 0.1) is 0 Å². The van der Waals surface area contributed by atoms with Crippen LogP contribution in [0.25, 0.3) is 17.1 Å². The van der Waals surface area contributed by atoms with Crippen LogP contribution in [0.15, 0.2) is 49.1 Å². The number of rotatable bonds is 4. The lowest BCUT2D eigenvalue weighted by Gasteiger charge is -2.39. The van der Waals surface area contributed by atoms with E-state index in [1.165, 1.54) is 5.56 Å². The van der Waals surface area contributed by atoms with Crippen LogP contribution in [0.1, 0.15) is 31.4 Å². The fourth-order valence-corrected chi connectivity index (χ4v) is 2.03. The Morgan fingerprint density at radius 3 is 2.67 bits per heavy atom. The van der Waals surface area contributed by atoms with Crippen molar-refractivity contribution in [1.82, 2.24) is 0 Å². The Bertz CT molecular complexity index is 465. The van der Waals surface area contributed by atoms with E-state index in [4.69, 9.17) is 5.32 Å². The molecule has 2 rings (SSSR count). The number of benzene rings is 1. The minimum atomic E-state index is 0.314. The van der Waals surface area contributed by atoms with Crippen molar-refractivity contribution in [1.29, 1.82) is 0 Å². The van der Waals surface area contributed by atoms with E-state index in [2.05, 4.69) is 62.9 Å². The largest absolute Gasteiger partial charge is 0.678 e. The van der Waals surface area contributed by atoms with Crippen molar-refractivity contribution in [3.8, 4) is 0 Å². The maximum absolute atomic E-state index is 4.83. The Balaban J connectivity index is 2.16. The highest BCUT2D eigenvalue weighted by Gasteiger charge is 2.07. The molecule has 1 aliphatic rings. The highest BCUT2D eigenvalue weighted by Crippen LogP contribution is 2.31. The molecule has 2 unspecified atom stereocenters. The lowest BCUT2D eigenvalue weighted by atomic mass is 9.95. The van der Waals surface area contributed by atoms with Gasteiger partial charge in [0.15, 0.2) is 0 Å². The number of nitrogens with zero attached hydrogens (tertiary/aromatic N) is 1. The standard InChI is InChI=1S/C17H20N/c1-4-13(3)16-7-6-8-17(18-16)15-11-9-14(5-2)10-12-15/h5-13,16H,2,4H2,1,3H3/q-1. The summed E-state index contributed by atoms with van der Waals surface area (Å²) in [6.45, 7) is 8.24. The molecule has 0 saturated carbocycles. The SMILES string of the molecule is C=Cc1ccc(C2=CC=CC(C(C)CC)[N-]2)cc1. The summed E-state index contributed by atoms with van der Waals surface area (Å²) < 4.78 is 0. The van der Waals surface area contributed by atoms with Crippen molar-refractivity contribution in [2.75, 3.05) is 0 Å². The third-order valence-electron chi connectivity index (χ3n) is 3.52. The maximum atomic E-state index is 4.83. The summed E-state index contributed by atoms with van der Waals surface area (Å²) in [6.07, 6.45) is 9.41. The van der Waals surface area contributed by atoms with Crippen molar-refractivity contribution in [2.45, 2.75) is 26.3 Å². The predicted molar refractivity (Wildman–Crippen MR) is 80.3 cm³/mol. The molecule has 1 nitrogen and oxygen atoms in total. The van der Waals surface area contributed by atoms with Crippen LogP contribution in [-0.2, 0) is 0 Å². The summed E-state index contributed by atoms with van der Waals surface area (Å²) in [4.78, 5) is 0. The average molecular weight is 238 g/mol. The van der Waals surface area contributed by atoms with Gasteiger partial charge in [0, 0.05) is 0 Å². The van der Waals surface area contributed by atoms with Gasteiger partial charge in [-0.2, -0.15) is 0 Å². The van der Waals surface area contributed by atoms with E-state index in [1.807, 2.05) is 6.08 Å². The normalized spacial score (nSPS) is 19.9. The Morgan fingerprint density at radius 1 is 1.33 bits per heavy atom. The first-order valence-corrected chi connectivity index (χ1v) is 6.56. The fraction of sp³-hybridized carbons (Fsp3) is 0.294. The lowest BCUT2D eigenvalue weighted by molar-refractivity contribution is 0.539. The van der Waals surface area contributed by atoms with Crippen LogP contribution in [0.4, 0.5) is 0 Å². The molecule has 0 bridgehead atoms. The lowest BCUT2D eigenvalue weighted by Crippen LogP contribution is -2.15. The van der Waals surface area contributed by atoms with Gasteiger partial charge in [-0.15, -0.1) is 5.70 Å². The molecule has 1 heterocycles. The number of hydrogen-bond donors (Lipinski definition) is 0. The molecule has 1 aromatic carbocycles. The molecule has 0 fully saturated rings. The van der Waals surface area contributed by atoms with Crippen molar-refractivity contribution >= 4 is 11.8 Å². The summed E-state index contributed by atoms with van der Waals surface area (Å²) in [6, 6.07) is 8.69. The zero-order valence-corrected chi connectivity index (χ0v) is 11.1. The smallest absolute Gasteiger partial charge is 0.0262 e. The molecular formula is C17H20N-. The van der Waals surface area contributed by atoms with Crippen molar-refractivity contribution < 1.29 is 0 Å². The molecule has 18 heavy (non-hydrogen) atoms. The molecule has 1 aliphatic heterocycles. The second-order valence-electron chi connectivity index (χ2n) is 4.77. The predicted octanol–water partition coefficient (Wildman–Crippen LogP) is 5.03. The van der Waals surface area contributed by atoms with Crippen LogP contribution in [0.2, 0.25) is 0 Å². The van der Waals surface area contributed by atoms with E-state index in [0.29, 0.717) is 12.0 Å². The van der Waals surface area contributed by atoms with Crippen molar-refractivity contribution in [3.05, 3.63) is 65.5 Å². The summed E-state index contributed by atoms with van der Waals surface area (Å²) in [5.74, 6) is 0.595. The quantitative estimate of drug-likeness (QED) is 0.698. The van der Waals surface area contributed by atoms with Gasteiger partial charge in [-0.3, -0.25) is 0 Å². The third-order valence-corrected chi connectivity index (χ3v) is 3.52. The fourth-order valence-electron chi connectivity index (χ4n) is 2.03. The summed E-state index contributed by atoms with van der Waals surface area (Å²) in [5.41, 5.74) is 3.40. The van der Waals surface area contributed by atoms with E-state index in [1.54, 1.807) is 0 Å². The molecule has 0 aliphatic carbocycles.